The van der Waals surface area contributed by atoms with Crippen molar-refractivity contribution in [3.8, 4) is 28.3 Å². The molecule has 4 aromatic carbocycles. The van der Waals surface area contributed by atoms with Crippen LogP contribution in [0.15, 0.2) is 84.9 Å². The molecule has 0 amide bonds. The van der Waals surface area contributed by atoms with Gasteiger partial charge in [-0.15, -0.1) is 0 Å². The highest BCUT2D eigenvalue weighted by molar-refractivity contribution is 6.35. The van der Waals surface area contributed by atoms with Gasteiger partial charge in [0.15, 0.2) is 0 Å². The van der Waals surface area contributed by atoms with E-state index < -0.39 is 5.97 Å². The molecule has 0 aliphatic carbocycles. The predicted molar refractivity (Wildman–Crippen MR) is 144 cm³/mol. The van der Waals surface area contributed by atoms with Crippen molar-refractivity contribution in [2.45, 2.75) is 13.0 Å². The van der Waals surface area contributed by atoms with Crippen molar-refractivity contribution in [1.82, 2.24) is 9.78 Å². The third kappa shape index (κ3) is 4.68. The summed E-state index contributed by atoms with van der Waals surface area (Å²) >= 11 is 12.6. The molecule has 5 rings (SSSR count). The molecule has 0 saturated heterocycles. The second kappa shape index (κ2) is 9.69. The first-order valence-electron chi connectivity index (χ1n) is 11.3. The van der Waals surface area contributed by atoms with Gasteiger partial charge in [-0.05, 0) is 77.9 Å². The maximum absolute atomic E-state index is 11.3. The Balaban J connectivity index is 1.65. The highest BCUT2D eigenvalue weighted by Crippen LogP contribution is 2.35. The number of hydrogen-bond donors (Lipinski definition) is 1. The molecule has 0 saturated carbocycles. The second-order valence-corrected chi connectivity index (χ2v) is 9.42. The number of methoxy groups -OCH3 is 1. The van der Waals surface area contributed by atoms with Crippen molar-refractivity contribution in [1.29, 1.82) is 0 Å². The Kier molecular flexibility index (Phi) is 6.44. The number of carbonyl (C=O) groups is 1. The van der Waals surface area contributed by atoms with Crippen LogP contribution in [-0.4, -0.2) is 28.0 Å². The lowest BCUT2D eigenvalue weighted by molar-refractivity contribution is 0.0697. The molecule has 1 aromatic heterocycles. The minimum absolute atomic E-state index is 0.169. The number of fused-ring (bicyclic) bond motifs is 1. The topological polar surface area (TPSA) is 64.4 Å². The lowest BCUT2D eigenvalue weighted by Crippen LogP contribution is -2.10. The first kappa shape index (κ1) is 23.9. The number of ether oxygens (including phenoxy) is 1. The first-order valence-corrected chi connectivity index (χ1v) is 12.1. The molecule has 0 fully saturated rings. The maximum Gasteiger partial charge on any atom is 0.335 e. The van der Waals surface area contributed by atoms with Gasteiger partial charge in [0.25, 0.3) is 0 Å². The van der Waals surface area contributed by atoms with Gasteiger partial charge in [-0.3, -0.25) is 4.68 Å². The zero-order valence-corrected chi connectivity index (χ0v) is 21.1. The fourth-order valence-electron chi connectivity index (χ4n) is 4.30. The van der Waals surface area contributed by atoms with E-state index in [9.17, 15) is 9.90 Å². The van der Waals surface area contributed by atoms with Crippen molar-refractivity contribution < 1.29 is 14.6 Å². The van der Waals surface area contributed by atoms with Crippen LogP contribution in [0.5, 0.6) is 5.75 Å². The zero-order valence-electron chi connectivity index (χ0n) is 19.6. The summed E-state index contributed by atoms with van der Waals surface area (Å²) < 4.78 is 7.31. The third-order valence-corrected chi connectivity index (χ3v) is 6.68. The Morgan fingerprint density at radius 2 is 1.53 bits per heavy atom. The van der Waals surface area contributed by atoms with Gasteiger partial charge in [0.2, 0.25) is 0 Å². The van der Waals surface area contributed by atoms with Crippen molar-refractivity contribution in [2.75, 3.05) is 7.11 Å². The fourth-order valence-corrected chi connectivity index (χ4v) is 4.83. The molecule has 7 heteroatoms. The molecular formula is C29H22Cl2N2O3. The summed E-state index contributed by atoms with van der Waals surface area (Å²) in [5.74, 6) is -0.152. The van der Waals surface area contributed by atoms with E-state index in [0.717, 1.165) is 44.6 Å². The molecule has 1 heterocycles. The van der Waals surface area contributed by atoms with E-state index in [0.29, 0.717) is 10.0 Å². The smallest absolute Gasteiger partial charge is 0.335 e. The lowest BCUT2D eigenvalue weighted by atomic mass is 10.0. The summed E-state index contributed by atoms with van der Waals surface area (Å²) in [5.41, 5.74) is 4.63. The van der Waals surface area contributed by atoms with Crippen molar-refractivity contribution in [3.63, 3.8) is 0 Å². The van der Waals surface area contributed by atoms with Gasteiger partial charge >= 0.3 is 5.97 Å². The Hall–Kier alpha value is -3.80. The van der Waals surface area contributed by atoms with E-state index in [1.54, 1.807) is 25.3 Å². The van der Waals surface area contributed by atoms with Crippen molar-refractivity contribution >= 4 is 39.9 Å². The van der Waals surface area contributed by atoms with Crippen LogP contribution in [-0.2, 0) is 0 Å². The van der Waals surface area contributed by atoms with Crippen LogP contribution in [0.4, 0.5) is 0 Å². The SMILES string of the molecule is COc1ccc2cc(-c3cc(-c4cc(Cl)cc(Cl)c4)nn3[C@@H](C)c3ccc(C(=O)O)cc3)ccc2c1. The van der Waals surface area contributed by atoms with Crippen molar-refractivity contribution in [3.05, 3.63) is 106 Å². The van der Waals surface area contributed by atoms with Crippen LogP contribution in [0.25, 0.3) is 33.3 Å². The van der Waals surface area contributed by atoms with Gasteiger partial charge in [0.05, 0.1) is 30.1 Å². The molecule has 5 aromatic rings. The molecule has 0 bridgehead atoms. The van der Waals surface area contributed by atoms with Crippen LogP contribution >= 0.6 is 23.2 Å². The molecule has 0 aliphatic heterocycles. The summed E-state index contributed by atoms with van der Waals surface area (Å²) in [6.45, 7) is 2.03. The number of nitrogens with zero attached hydrogens (tertiary/aromatic N) is 2. The normalized spacial score (nSPS) is 12.0. The van der Waals surface area contributed by atoms with Crippen molar-refractivity contribution in [2.24, 2.45) is 0 Å². The minimum Gasteiger partial charge on any atom is -0.497 e. The third-order valence-electron chi connectivity index (χ3n) is 6.24. The van der Waals surface area contributed by atoms with Gasteiger partial charge in [0.1, 0.15) is 5.75 Å². The molecule has 36 heavy (non-hydrogen) atoms. The molecule has 0 radical (unpaired) electrons. The molecule has 5 nitrogen and oxygen atoms in total. The molecule has 180 valence electrons. The Labute approximate surface area is 218 Å². The number of halogens is 2. The molecule has 0 unspecified atom stereocenters. The van der Waals surface area contributed by atoms with Gasteiger partial charge in [-0.1, -0.05) is 53.5 Å². The quantitative estimate of drug-likeness (QED) is 0.248. The summed E-state index contributed by atoms with van der Waals surface area (Å²) in [6.07, 6.45) is 0. The number of rotatable bonds is 6. The van der Waals surface area contributed by atoms with E-state index >= 15 is 0 Å². The molecule has 1 N–H and O–H groups in total. The monoisotopic (exact) mass is 516 g/mol. The van der Waals surface area contributed by atoms with E-state index in [1.165, 1.54) is 0 Å². The number of carboxylic acid groups (broad SMARTS) is 1. The van der Waals surface area contributed by atoms with Crippen LogP contribution < -0.4 is 4.74 Å². The second-order valence-electron chi connectivity index (χ2n) is 8.55. The molecule has 1 atom stereocenters. The zero-order chi connectivity index (χ0) is 25.4. The van der Waals surface area contributed by atoms with Gasteiger partial charge in [-0.2, -0.15) is 5.10 Å². The average molecular weight is 517 g/mol. The predicted octanol–water partition coefficient (Wildman–Crippen LogP) is 7.99. The number of benzene rings is 4. The summed E-state index contributed by atoms with van der Waals surface area (Å²) in [7, 11) is 1.65. The Morgan fingerprint density at radius 3 is 2.19 bits per heavy atom. The number of aromatic nitrogens is 2. The van der Waals surface area contributed by atoms with Crippen LogP contribution in [0, 0.1) is 0 Å². The number of aromatic carboxylic acids is 1. The minimum atomic E-state index is -0.957. The van der Waals surface area contributed by atoms with Gasteiger partial charge < -0.3 is 9.84 Å². The summed E-state index contributed by atoms with van der Waals surface area (Å²) in [6, 6.07) is 26.3. The van der Waals surface area contributed by atoms with Gasteiger partial charge in [-0.25, -0.2) is 4.79 Å². The van der Waals surface area contributed by atoms with E-state index in [1.807, 2.05) is 60.1 Å². The largest absolute Gasteiger partial charge is 0.497 e. The number of carboxylic acids is 1. The van der Waals surface area contributed by atoms with Crippen LogP contribution in [0.3, 0.4) is 0 Å². The van der Waals surface area contributed by atoms with E-state index in [-0.39, 0.29) is 11.6 Å². The summed E-state index contributed by atoms with van der Waals surface area (Å²) in [5, 5.41) is 17.4. The standard InChI is InChI=1S/C29H22Cl2N2O3/c1-17(18-3-5-19(6-4-18)29(34)35)33-28(16-27(32-33)23-12-24(30)15-25(31)13-23)22-8-7-21-14-26(36-2)10-9-20(21)11-22/h3-17H,1-2H3,(H,34,35)/t17-/m0/s1. The Morgan fingerprint density at radius 1 is 0.861 bits per heavy atom. The molecule has 0 spiro atoms. The molecular weight excluding hydrogens is 495 g/mol. The highest BCUT2D eigenvalue weighted by atomic mass is 35.5. The molecule has 0 aliphatic rings. The maximum atomic E-state index is 11.3. The van der Waals surface area contributed by atoms with E-state index in [4.69, 9.17) is 33.0 Å². The Bertz CT molecular complexity index is 1570. The average Bonchev–Trinajstić information content (AvgIpc) is 3.33. The fraction of sp³-hybridized carbons (Fsp3) is 0.103. The van der Waals surface area contributed by atoms with Crippen LogP contribution in [0.1, 0.15) is 28.9 Å². The number of hydrogen-bond acceptors (Lipinski definition) is 3. The highest BCUT2D eigenvalue weighted by Gasteiger charge is 2.19. The van der Waals surface area contributed by atoms with Gasteiger partial charge in [0, 0.05) is 21.2 Å². The van der Waals surface area contributed by atoms with Crippen LogP contribution in [0.2, 0.25) is 10.0 Å². The van der Waals surface area contributed by atoms with E-state index in [2.05, 4.69) is 18.2 Å². The first-order chi connectivity index (χ1) is 17.3. The summed E-state index contributed by atoms with van der Waals surface area (Å²) in [4.78, 5) is 11.3. The lowest BCUT2D eigenvalue weighted by Gasteiger charge is -2.17.